The van der Waals surface area contributed by atoms with Crippen molar-refractivity contribution in [3.63, 3.8) is 0 Å². The second-order valence-electron chi connectivity index (χ2n) is 21.4. The van der Waals surface area contributed by atoms with Gasteiger partial charge in [0.05, 0.1) is 22.3 Å². The number of fused-ring (bicyclic) bond motifs is 1. The van der Waals surface area contributed by atoms with Crippen molar-refractivity contribution >= 4 is 11.0 Å². The van der Waals surface area contributed by atoms with E-state index in [1.807, 2.05) is 97.3 Å². The van der Waals surface area contributed by atoms with Crippen molar-refractivity contribution in [2.45, 2.75) is 144 Å². The number of nitrogens with zero attached hydrogens (tertiary/aromatic N) is 3. The van der Waals surface area contributed by atoms with Crippen LogP contribution in [0, 0.1) is 12.9 Å². The minimum absolute atomic E-state index is 0. The van der Waals surface area contributed by atoms with Crippen LogP contribution >= 0.6 is 0 Å². The number of benzene rings is 7. The van der Waals surface area contributed by atoms with Crippen LogP contribution in [0.3, 0.4) is 0 Å². The number of imidazole rings is 1. The molecule has 0 bridgehead atoms. The summed E-state index contributed by atoms with van der Waals surface area (Å²) in [5.41, 5.74) is 14.4. The van der Waals surface area contributed by atoms with E-state index in [1.54, 1.807) is 46.0 Å². The van der Waals surface area contributed by atoms with E-state index in [4.69, 9.17) is 11.3 Å². The van der Waals surface area contributed by atoms with Gasteiger partial charge < -0.3 is 5.11 Å². The van der Waals surface area contributed by atoms with Gasteiger partial charge in [-0.1, -0.05) is 203 Å². The molecular formula is C70H76N3OPt-. The van der Waals surface area contributed by atoms with Crippen LogP contribution in [0.1, 0.15) is 168 Å². The van der Waals surface area contributed by atoms with E-state index in [2.05, 4.69) is 102 Å². The van der Waals surface area contributed by atoms with Crippen LogP contribution in [0.15, 0.2) is 152 Å². The van der Waals surface area contributed by atoms with E-state index < -0.39 is 24.5 Å². The van der Waals surface area contributed by atoms with E-state index in [-0.39, 0.29) is 54.6 Å². The molecule has 9 aromatic rings. The zero-order chi connectivity index (χ0) is 57.9. The van der Waals surface area contributed by atoms with Crippen LogP contribution in [0.2, 0.25) is 0 Å². The van der Waals surface area contributed by atoms with Crippen LogP contribution in [-0.4, -0.2) is 19.6 Å². The van der Waals surface area contributed by atoms with E-state index in [0.717, 1.165) is 75.8 Å². The van der Waals surface area contributed by atoms with E-state index >= 15 is 0 Å². The molecule has 2 heterocycles. The number of aryl methyl sites for hydroxylation is 1. The second kappa shape index (κ2) is 22.5. The van der Waals surface area contributed by atoms with Gasteiger partial charge in [-0.05, 0) is 153 Å². The molecule has 0 spiro atoms. The Morgan fingerprint density at radius 3 is 1.81 bits per heavy atom. The fraction of sp³-hybridized carbons (Fsp3) is 0.314. The normalized spacial score (nSPS) is 13.8. The van der Waals surface area contributed by atoms with Crippen LogP contribution < -0.4 is 0 Å². The summed E-state index contributed by atoms with van der Waals surface area (Å²) in [6.45, 7) is 21.6. The number of hydrogen-bond donors (Lipinski definition) is 1. The molecule has 7 aromatic carbocycles. The molecule has 5 heteroatoms. The Bertz CT molecular complexity index is 3700. The topological polar surface area (TPSA) is 50.9 Å². The van der Waals surface area contributed by atoms with Gasteiger partial charge in [-0.3, -0.25) is 9.55 Å². The molecule has 0 atom stereocenters. The first-order chi connectivity index (χ1) is 37.6. The average molecular weight is 1180 g/mol. The van der Waals surface area contributed by atoms with Crippen molar-refractivity contribution < 1.29 is 34.4 Å². The molecule has 9 rings (SSSR count). The largest absolute Gasteiger partial charge is 0.507 e. The maximum atomic E-state index is 12.6. The third kappa shape index (κ3) is 10.5. The molecule has 0 aliphatic heterocycles. The number of phenolic OH excluding ortho intramolecular Hbond substituents is 1. The van der Waals surface area contributed by atoms with Crippen molar-refractivity contribution in [3.8, 4) is 78.6 Å². The number of hydrogen-bond acceptors (Lipinski definition) is 3. The monoisotopic (exact) mass is 1180 g/mol. The molecule has 0 fully saturated rings. The van der Waals surface area contributed by atoms with E-state index in [9.17, 15) is 12.0 Å². The summed E-state index contributed by atoms with van der Waals surface area (Å²) in [4.78, 5) is 10.4. The zero-order valence-corrected chi connectivity index (χ0v) is 48.1. The third-order valence-electron chi connectivity index (χ3n) is 16.3. The molecule has 0 saturated carbocycles. The predicted molar refractivity (Wildman–Crippen MR) is 315 cm³/mol. The molecule has 0 radical (unpaired) electrons. The quantitative estimate of drug-likeness (QED) is 0.0981. The first-order valence-corrected chi connectivity index (χ1v) is 26.5. The van der Waals surface area contributed by atoms with Gasteiger partial charge in [-0.2, -0.15) is 0 Å². The molecule has 1 N–H and O–H groups in total. The SMILES string of the molecule is [2H]C([2H])([2H])c1cc(-c2c(C(C)(CC)CC)cccc2C(C)(CC)CC)ccc1-n1c(-c2cc(C([2H])(C)C)cc(C([2H])(C)C)c2O)nc2c(-c3[c-]c(-c4cc(-c5ccc(C([2H])(C)C)cc5)ccn4)cc(-c4ccccc4)c3)cccc21.[Pt]. The van der Waals surface area contributed by atoms with E-state index in [1.165, 1.54) is 11.1 Å². The van der Waals surface area contributed by atoms with Crippen LogP contribution in [-0.2, 0) is 31.9 Å². The number of pyridine rings is 1. The van der Waals surface area contributed by atoms with Crippen molar-refractivity contribution in [3.05, 3.63) is 191 Å². The molecule has 0 saturated heterocycles. The molecule has 0 amide bonds. The molecule has 4 nitrogen and oxygen atoms in total. The van der Waals surface area contributed by atoms with Gasteiger partial charge in [0.2, 0.25) is 0 Å². The summed E-state index contributed by atoms with van der Waals surface area (Å²) in [7, 11) is 0. The number of para-hydroxylation sites is 1. The van der Waals surface area contributed by atoms with Crippen molar-refractivity contribution in [1.29, 1.82) is 0 Å². The molecule has 0 unspecified atom stereocenters. The summed E-state index contributed by atoms with van der Waals surface area (Å²) in [5, 5.41) is 12.6. The summed E-state index contributed by atoms with van der Waals surface area (Å²) >= 11 is 0. The first-order valence-electron chi connectivity index (χ1n) is 29.5. The molecular weight excluding hydrogens is 1090 g/mol. The summed E-state index contributed by atoms with van der Waals surface area (Å²) < 4.78 is 57.2. The summed E-state index contributed by atoms with van der Waals surface area (Å²) in [5.74, 6) is -3.06. The number of phenols is 1. The van der Waals surface area contributed by atoms with Crippen LogP contribution in [0.4, 0.5) is 0 Å². The molecule has 75 heavy (non-hydrogen) atoms. The number of aromatic nitrogens is 3. The molecule has 388 valence electrons. The van der Waals surface area contributed by atoms with Gasteiger partial charge in [0.25, 0.3) is 0 Å². The van der Waals surface area contributed by atoms with Gasteiger partial charge in [-0.15, -0.1) is 23.8 Å². The Kier molecular flexibility index (Phi) is 14.1. The van der Waals surface area contributed by atoms with Gasteiger partial charge in [0, 0.05) is 41.2 Å². The minimum Gasteiger partial charge on any atom is -0.507 e. The van der Waals surface area contributed by atoms with Crippen molar-refractivity contribution in [2.75, 3.05) is 0 Å². The Morgan fingerprint density at radius 2 is 1.20 bits per heavy atom. The fourth-order valence-corrected chi connectivity index (χ4v) is 10.6. The standard InChI is InChI=1S/C70H76N3O.Pt/c1-14-69(12,15-2)60-26-22-27-61(70(13,16-3)17-4)65(60)52-33-34-63(47(11)37-52)73-64-28-21-25-57(66(64)72-68(73)59-42-53(45(7)8)41-58(46(9)10)67(59)74)55-38-54(49-23-19-18-20-24-49)39-56(40-55)62-43-51(35-36-71-62)50-31-29-48(30-32-50)44(5)6;/h18-39,41-46,74H,14-17H2,1-13H3;/q-1;/i11D3,44D,45D,46D;. The zero-order valence-electron chi connectivity index (χ0n) is 51.9. The Balaban J connectivity index is 0.00000860. The maximum absolute atomic E-state index is 12.6. The predicted octanol–water partition coefficient (Wildman–Crippen LogP) is 19.8. The average Bonchev–Trinajstić information content (AvgIpc) is 4.09. The molecule has 2 aromatic heterocycles. The van der Waals surface area contributed by atoms with Crippen molar-refractivity contribution in [2.24, 2.45) is 0 Å². The Morgan fingerprint density at radius 1 is 0.587 bits per heavy atom. The smallest absolute Gasteiger partial charge is 0.148 e. The maximum Gasteiger partial charge on any atom is 0.148 e. The van der Waals surface area contributed by atoms with Crippen molar-refractivity contribution in [1.82, 2.24) is 14.5 Å². The number of aromatic hydroxyl groups is 1. The summed E-state index contributed by atoms with van der Waals surface area (Å²) in [6.07, 6.45) is 5.41. The third-order valence-corrected chi connectivity index (χ3v) is 16.3. The summed E-state index contributed by atoms with van der Waals surface area (Å²) in [6, 6.07) is 52.1. The van der Waals surface area contributed by atoms with Crippen LogP contribution in [0.5, 0.6) is 5.75 Å². The van der Waals surface area contributed by atoms with Gasteiger partial charge in [0.15, 0.2) is 0 Å². The van der Waals surface area contributed by atoms with E-state index in [0.29, 0.717) is 39.1 Å². The second-order valence-corrected chi connectivity index (χ2v) is 21.4. The molecule has 0 aliphatic rings. The molecule has 0 aliphatic carbocycles. The fourth-order valence-electron chi connectivity index (χ4n) is 10.6. The van der Waals surface area contributed by atoms with Crippen LogP contribution in [0.25, 0.3) is 83.9 Å². The van der Waals surface area contributed by atoms with Gasteiger partial charge in [-0.25, -0.2) is 4.98 Å². The minimum atomic E-state index is -2.63. The Labute approximate surface area is 471 Å². The number of rotatable bonds is 16. The van der Waals surface area contributed by atoms with Gasteiger partial charge >= 0.3 is 0 Å². The first kappa shape index (κ1) is 47.1. The van der Waals surface area contributed by atoms with Gasteiger partial charge in [0.1, 0.15) is 11.6 Å². The Hall–Kier alpha value is -6.35.